The number of nitrogens with zero attached hydrogens (tertiary/aromatic N) is 1. The van der Waals surface area contributed by atoms with Crippen molar-refractivity contribution in [2.45, 2.75) is 26.3 Å². The second-order valence-corrected chi connectivity index (χ2v) is 5.02. The largest absolute Gasteiger partial charge is 0.480 e. The van der Waals surface area contributed by atoms with E-state index in [9.17, 15) is 9.90 Å². The molecule has 3 nitrogen and oxygen atoms in total. The van der Waals surface area contributed by atoms with Crippen LogP contribution in [0.1, 0.15) is 26.3 Å². The zero-order valence-corrected chi connectivity index (χ0v) is 11.0. The Bertz CT molecular complexity index is 375. The third-order valence-electron chi connectivity index (χ3n) is 3.15. The summed E-state index contributed by atoms with van der Waals surface area (Å²) in [5, 5.41) is 9.53. The van der Waals surface area contributed by atoms with Crippen LogP contribution in [0.2, 0.25) is 0 Å². The van der Waals surface area contributed by atoms with Crippen LogP contribution < -0.4 is 0 Å². The minimum atomic E-state index is -0.967. The molecule has 1 aromatic carbocycles. The van der Waals surface area contributed by atoms with Crippen molar-refractivity contribution in [2.75, 3.05) is 13.6 Å². The van der Waals surface area contributed by atoms with E-state index < -0.39 is 11.5 Å². The molecule has 0 aromatic heterocycles. The normalized spacial score (nSPS) is 14.9. The van der Waals surface area contributed by atoms with Crippen LogP contribution in [0.3, 0.4) is 0 Å². The number of hydrogen-bond donors (Lipinski definition) is 1. The fourth-order valence-corrected chi connectivity index (χ4v) is 2.00. The quantitative estimate of drug-likeness (QED) is 0.852. The Morgan fingerprint density at radius 2 is 1.88 bits per heavy atom. The highest BCUT2D eigenvalue weighted by Gasteiger charge is 2.39. The first kappa shape index (κ1) is 13.7. The predicted molar refractivity (Wildman–Crippen MR) is 68.9 cm³/mol. The molecule has 0 saturated heterocycles. The molecule has 1 aromatic rings. The molecule has 1 atom stereocenters. The summed E-state index contributed by atoms with van der Waals surface area (Å²) in [6.07, 6.45) is 0. The van der Waals surface area contributed by atoms with E-state index in [1.165, 1.54) is 0 Å². The molecule has 94 valence electrons. The van der Waals surface area contributed by atoms with Gasteiger partial charge in [-0.15, -0.1) is 0 Å². The third kappa shape index (κ3) is 2.86. The van der Waals surface area contributed by atoms with Gasteiger partial charge in [0.05, 0.1) is 0 Å². The van der Waals surface area contributed by atoms with Gasteiger partial charge >= 0.3 is 5.97 Å². The van der Waals surface area contributed by atoms with Crippen molar-refractivity contribution in [1.82, 2.24) is 4.90 Å². The lowest BCUT2D eigenvalue weighted by atomic mass is 9.90. The average molecular weight is 235 g/mol. The summed E-state index contributed by atoms with van der Waals surface area (Å²) in [6, 6.07) is 9.38. The van der Waals surface area contributed by atoms with Gasteiger partial charge < -0.3 is 5.11 Å². The summed E-state index contributed by atoms with van der Waals surface area (Å²) >= 11 is 0. The molecule has 0 radical (unpaired) electrons. The number of likely N-dealkylation sites (N-methyl/N-ethyl adjacent to an activating group) is 1. The molecule has 0 amide bonds. The molecule has 1 N–H and O–H groups in total. The maximum Gasteiger partial charge on any atom is 0.328 e. The van der Waals surface area contributed by atoms with E-state index in [4.69, 9.17) is 0 Å². The first-order valence-electron chi connectivity index (χ1n) is 5.89. The van der Waals surface area contributed by atoms with Crippen molar-refractivity contribution in [3.05, 3.63) is 35.9 Å². The van der Waals surface area contributed by atoms with Crippen LogP contribution in [0, 0.1) is 5.92 Å². The number of hydrogen-bond acceptors (Lipinski definition) is 2. The molecule has 0 bridgehead atoms. The Labute approximate surface area is 103 Å². The van der Waals surface area contributed by atoms with Crippen LogP contribution in [0.5, 0.6) is 0 Å². The SMILES string of the molecule is CC(C)CN(C)C(C)(C(=O)O)c1ccccc1. The maximum atomic E-state index is 11.6. The smallest absolute Gasteiger partial charge is 0.328 e. The summed E-state index contributed by atoms with van der Waals surface area (Å²) in [4.78, 5) is 13.5. The Hall–Kier alpha value is -1.35. The lowest BCUT2D eigenvalue weighted by molar-refractivity contribution is -0.150. The zero-order valence-electron chi connectivity index (χ0n) is 11.0. The van der Waals surface area contributed by atoms with Crippen molar-refractivity contribution in [3.63, 3.8) is 0 Å². The Balaban J connectivity index is 3.10. The van der Waals surface area contributed by atoms with Gasteiger partial charge in [0.25, 0.3) is 0 Å². The van der Waals surface area contributed by atoms with E-state index in [1.807, 2.05) is 42.3 Å². The van der Waals surface area contributed by atoms with Crippen LogP contribution in [0.25, 0.3) is 0 Å². The third-order valence-corrected chi connectivity index (χ3v) is 3.15. The zero-order chi connectivity index (χ0) is 13.1. The molecule has 0 heterocycles. The Morgan fingerprint density at radius 1 is 1.35 bits per heavy atom. The molecule has 0 aliphatic carbocycles. The van der Waals surface area contributed by atoms with Gasteiger partial charge in [0.1, 0.15) is 5.54 Å². The monoisotopic (exact) mass is 235 g/mol. The lowest BCUT2D eigenvalue weighted by Crippen LogP contribution is -2.49. The second-order valence-electron chi connectivity index (χ2n) is 5.02. The van der Waals surface area contributed by atoms with E-state index in [1.54, 1.807) is 6.92 Å². The minimum absolute atomic E-state index is 0.433. The van der Waals surface area contributed by atoms with Gasteiger partial charge in [-0.1, -0.05) is 44.2 Å². The van der Waals surface area contributed by atoms with E-state index in [0.717, 1.165) is 12.1 Å². The molecular formula is C14H21NO2. The van der Waals surface area contributed by atoms with Gasteiger partial charge in [0.2, 0.25) is 0 Å². The number of benzene rings is 1. The van der Waals surface area contributed by atoms with Gasteiger partial charge in [-0.3, -0.25) is 4.90 Å². The summed E-state index contributed by atoms with van der Waals surface area (Å²) in [5.41, 5.74) is -0.151. The van der Waals surface area contributed by atoms with Gasteiger partial charge in [0.15, 0.2) is 0 Å². The minimum Gasteiger partial charge on any atom is -0.480 e. The lowest BCUT2D eigenvalue weighted by Gasteiger charge is -2.36. The van der Waals surface area contributed by atoms with E-state index >= 15 is 0 Å². The second kappa shape index (κ2) is 5.32. The highest BCUT2D eigenvalue weighted by Crippen LogP contribution is 2.28. The summed E-state index contributed by atoms with van der Waals surface area (Å²) in [5.74, 6) is -0.380. The standard InChI is InChI=1S/C14H21NO2/c1-11(2)10-15(4)14(3,13(16)17)12-8-6-5-7-9-12/h5-9,11H,10H2,1-4H3,(H,16,17). The number of carbonyl (C=O) groups is 1. The van der Waals surface area contributed by atoms with E-state index in [-0.39, 0.29) is 0 Å². The number of aliphatic carboxylic acids is 1. The highest BCUT2D eigenvalue weighted by atomic mass is 16.4. The Kier molecular flexibility index (Phi) is 4.29. The predicted octanol–water partition coefficient (Wildman–Crippen LogP) is 2.57. The molecule has 0 spiro atoms. The van der Waals surface area contributed by atoms with Crippen molar-refractivity contribution >= 4 is 5.97 Å². The van der Waals surface area contributed by atoms with E-state index in [0.29, 0.717) is 5.92 Å². The van der Waals surface area contributed by atoms with Crippen LogP contribution >= 0.6 is 0 Å². The highest BCUT2D eigenvalue weighted by molar-refractivity contribution is 5.80. The summed E-state index contributed by atoms with van der Waals surface area (Å²) in [7, 11) is 1.86. The molecule has 0 aliphatic rings. The average Bonchev–Trinajstić information content (AvgIpc) is 2.27. The summed E-state index contributed by atoms with van der Waals surface area (Å²) < 4.78 is 0. The van der Waals surface area contributed by atoms with Gasteiger partial charge in [-0.2, -0.15) is 0 Å². The number of carboxylic acids is 1. The first-order chi connectivity index (χ1) is 7.89. The van der Waals surface area contributed by atoms with Crippen LogP contribution in [0.15, 0.2) is 30.3 Å². The van der Waals surface area contributed by atoms with Crippen LogP contribution in [0.4, 0.5) is 0 Å². The molecule has 3 heteroatoms. The fraction of sp³-hybridized carbons (Fsp3) is 0.500. The van der Waals surface area contributed by atoms with Crippen molar-refractivity contribution in [3.8, 4) is 0 Å². The number of carboxylic acid groups (broad SMARTS) is 1. The molecule has 0 aliphatic heterocycles. The topological polar surface area (TPSA) is 40.5 Å². The molecule has 0 saturated carbocycles. The molecule has 1 rings (SSSR count). The first-order valence-corrected chi connectivity index (χ1v) is 5.89. The molecule has 1 unspecified atom stereocenters. The van der Waals surface area contributed by atoms with Crippen molar-refractivity contribution < 1.29 is 9.90 Å². The van der Waals surface area contributed by atoms with Crippen molar-refractivity contribution in [2.24, 2.45) is 5.92 Å². The fourth-order valence-electron chi connectivity index (χ4n) is 2.00. The Morgan fingerprint density at radius 3 is 2.29 bits per heavy atom. The van der Waals surface area contributed by atoms with Gasteiger partial charge in [-0.25, -0.2) is 4.79 Å². The number of rotatable bonds is 5. The van der Waals surface area contributed by atoms with Gasteiger partial charge in [-0.05, 0) is 25.5 Å². The molecule has 0 fully saturated rings. The van der Waals surface area contributed by atoms with Crippen LogP contribution in [-0.4, -0.2) is 29.6 Å². The molecular weight excluding hydrogens is 214 g/mol. The van der Waals surface area contributed by atoms with Gasteiger partial charge in [0, 0.05) is 6.54 Å². The van der Waals surface area contributed by atoms with Crippen LogP contribution in [-0.2, 0) is 10.3 Å². The van der Waals surface area contributed by atoms with E-state index in [2.05, 4.69) is 13.8 Å². The molecule has 17 heavy (non-hydrogen) atoms. The maximum absolute atomic E-state index is 11.6. The van der Waals surface area contributed by atoms with Crippen molar-refractivity contribution in [1.29, 1.82) is 0 Å². The summed E-state index contributed by atoms with van der Waals surface area (Å²) in [6.45, 7) is 6.68.